The summed E-state index contributed by atoms with van der Waals surface area (Å²) in [6.45, 7) is 0.0591. The Balaban J connectivity index is 1.86. The topological polar surface area (TPSA) is 26.3 Å². The van der Waals surface area contributed by atoms with Crippen molar-refractivity contribution in [2.75, 3.05) is 6.61 Å². The zero-order valence-electron chi connectivity index (χ0n) is 9.80. The maximum Gasteiger partial charge on any atom is 0.188 e. The van der Waals surface area contributed by atoms with E-state index in [1.807, 2.05) is 6.07 Å². The van der Waals surface area contributed by atoms with Crippen LogP contribution < -0.4 is 0 Å². The molecule has 0 aliphatic carbocycles. The van der Waals surface area contributed by atoms with E-state index in [0.29, 0.717) is 11.1 Å². The molecule has 2 nitrogen and oxygen atoms in total. The highest BCUT2D eigenvalue weighted by Crippen LogP contribution is 2.08. The molecule has 2 rings (SSSR count). The minimum absolute atomic E-state index is 0.0433. The number of ketones is 1. The normalized spacial score (nSPS) is 10.3. The smallest absolute Gasteiger partial charge is 0.188 e. The van der Waals surface area contributed by atoms with E-state index >= 15 is 0 Å². The molecule has 2 aromatic rings. The van der Waals surface area contributed by atoms with Crippen molar-refractivity contribution >= 4 is 5.78 Å². The van der Waals surface area contributed by atoms with Crippen molar-refractivity contribution in [2.45, 2.75) is 6.61 Å². The second-order valence-electron chi connectivity index (χ2n) is 3.87. The molecule has 0 fully saturated rings. The van der Waals surface area contributed by atoms with Crippen LogP contribution >= 0.6 is 0 Å². The van der Waals surface area contributed by atoms with Crippen LogP contribution in [0, 0.1) is 5.82 Å². The number of halogens is 1. The first-order valence-corrected chi connectivity index (χ1v) is 5.67. The number of rotatable bonds is 5. The van der Waals surface area contributed by atoms with Gasteiger partial charge in [-0.15, -0.1) is 0 Å². The van der Waals surface area contributed by atoms with E-state index in [9.17, 15) is 9.18 Å². The van der Waals surface area contributed by atoms with Gasteiger partial charge in [-0.3, -0.25) is 4.79 Å². The molecule has 0 spiro atoms. The third kappa shape index (κ3) is 3.25. The Morgan fingerprint density at radius 3 is 2.39 bits per heavy atom. The number of ether oxygens (including phenoxy) is 1. The number of carbonyl (C=O) groups is 1. The van der Waals surface area contributed by atoms with Crippen LogP contribution in [0.1, 0.15) is 15.9 Å². The summed E-state index contributed by atoms with van der Waals surface area (Å²) < 4.78 is 18.5. The quantitative estimate of drug-likeness (QED) is 0.755. The van der Waals surface area contributed by atoms with Crippen molar-refractivity contribution in [3.8, 4) is 0 Å². The standard InChI is InChI=1S/C15H13FO2/c16-14-9-5-4-8-13(14)10-18-11-15(17)12-6-2-1-3-7-12/h1-9H,10-11H2. The Kier molecular flexibility index (Phi) is 4.20. The fourth-order valence-corrected chi connectivity index (χ4v) is 1.58. The van der Waals surface area contributed by atoms with E-state index in [4.69, 9.17) is 4.74 Å². The molecule has 0 bridgehead atoms. The van der Waals surface area contributed by atoms with Gasteiger partial charge < -0.3 is 4.74 Å². The molecule has 0 unspecified atom stereocenters. The van der Waals surface area contributed by atoms with Crippen LogP contribution in [0.25, 0.3) is 0 Å². The summed E-state index contributed by atoms with van der Waals surface area (Å²) in [6.07, 6.45) is 0. The third-order valence-corrected chi connectivity index (χ3v) is 2.54. The Morgan fingerprint density at radius 1 is 1.00 bits per heavy atom. The Morgan fingerprint density at radius 2 is 1.67 bits per heavy atom. The monoisotopic (exact) mass is 244 g/mol. The number of hydrogen-bond acceptors (Lipinski definition) is 2. The molecule has 18 heavy (non-hydrogen) atoms. The fraction of sp³-hybridized carbons (Fsp3) is 0.133. The Bertz CT molecular complexity index is 523. The Labute approximate surface area is 105 Å². The molecule has 0 radical (unpaired) electrons. The van der Waals surface area contributed by atoms with Crippen LogP contribution in [-0.4, -0.2) is 12.4 Å². The summed E-state index contributed by atoms with van der Waals surface area (Å²) in [7, 11) is 0. The molecule has 0 atom stereocenters. The van der Waals surface area contributed by atoms with Crippen LogP contribution in [0.5, 0.6) is 0 Å². The lowest BCUT2D eigenvalue weighted by Crippen LogP contribution is -2.09. The van der Waals surface area contributed by atoms with E-state index in [1.54, 1.807) is 42.5 Å². The minimum atomic E-state index is -0.315. The summed E-state index contributed by atoms with van der Waals surface area (Å²) in [5.74, 6) is -0.420. The van der Waals surface area contributed by atoms with Gasteiger partial charge in [0.1, 0.15) is 12.4 Å². The minimum Gasteiger partial charge on any atom is -0.369 e. The van der Waals surface area contributed by atoms with Gasteiger partial charge >= 0.3 is 0 Å². The van der Waals surface area contributed by atoms with E-state index in [0.717, 1.165) is 0 Å². The zero-order chi connectivity index (χ0) is 12.8. The molecule has 0 amide bonds. The van der Waals surface area contributed by atoms with Gasteiger partial charge in [0.05, 0.1) is 6.61 Å². The van der Waals surface area contributed by atoms with Crippen molar-refractivity contribution in [1.29, 1.82) is 0 Å². The highest BCUT2D eigenvalue weighted by atomic mass is 19.1. The van der Waals surface area contributed by atoms with Crippen molar-refractivity contribution in [1.82, 2.24) is 0 Å². The molecule has 0 saturated heterocycles. The van der Waals surface area contributed by atoms with Crippen molar-refractivity contribution in [3.05, 3.63) is 71.5 Å². The average Bonchev–Trinajstić information content (AvgIpc) is 2.42. The van der Waals surface area contributed by atoms with Crippen LogP contribution in [0.2, 0.25) is 0 Å². The summed E-state index contributed by atoms with van der Waals surface area (Å²) in [5, 5.41) is 0. The number of carbonyl (C=O) groups excluding carboxylic acids is 1. The van der Waals surface area contributed by atoms with E-state index in [-0.39, 0.29) is 24.8 Å². The maximum atomic E-state index is 13.3. The van der Waals surface area contributed by atoms with E-state index < -0.39 is 0 Å². The van der Waals surface area contributed by atoms with E-state index in [2.05, 4.69) is 0 Å². The summed E-state index contributed by atoms with van der Waals surface area (Å²) >= 11 is 0. The SMILES string of the molecule is O=C(COCc1ccccc1F)c1ccccc1. The lowest BCUT2D eigenvalue weighted by molar-refractivity contribution is 0.0721. The molecule has 0 N–H and O–H groups in total. The lowest BCUT2D eigenvalue weighted by atomic mass is 10.1. The zero-order valence-corrected chi connectivity index (χ0v) is 9.80. The molecule has 0 heterocycles. The predicted molar refractivity (Wildman–Crippen MR) is 66.8 cm³/mol. The van der Waals surface area contributed by atoms with Crippen LogP contribution in [-0.2, 0) is 11.3 Å². The maximum absolute atomic E-state index is 13.3. The van der Waals surface area contributed by atoms with Crippen molar-refractivity contribution in [2.24, 2.45) is 0 Å². The number of benzene rings is 2. The number of Topliss-reactive ketones (excluding diaryl/α,β-unsaturated/α-hetero) is 1. The van der Waals surface area contributed by atoms with Gasteiger partial charge in [0.2, 0.25) is 0 Å². The average molecular weight is 244 g/mol. The first-order chi connectivity index (χ1) is 8.77. The van der Waals surface area contributed by atoms with Gasteiger partial charge in [-0.1, -0.05) is 48.5 Å². The summed E-state index contributed by atoms with van der Waals surface area (Å²) in [5.41, 5.74) is 1.06. The van der Waals surface area contributed by atoms with Gasteiger partial charge in [0.25, 0.3) is 0 Å². The second kappa shape index (κ2) is 6.07. The number of hydrogen-bond donors (Lipinski definition) is 0. The molecule has 0 aliphatic heterocycles. The lowest BCUT2D eigenvalue weighted by Gasteiger charge is -2.04. The molecule has 92 valence electrons. The summed E-state index contributed by atoms with van der Waals surface area (Å²) in [4.78, 5) is 11.7. The molecule has 2 aromatic carbocycles. The molecular weight excluding hydrogens is 231 g/mol. The molecular formula is C15H13FO2. The fourth-order valence-electron chi connectivity index (χ4n) is 1.58. The van der Waals surface area contributed by atoms with E-state index in [1.165, 1.54) is 6.07 Å². The van der Waals surface area contributed by atoms with Gasteiger partial charge in [-0.25, -0.2) is 4.39 Å². The van der Waals surface area contributed by atoms with Gasteiger partial charge in [0.15, 0.2) is 5.78 Å². The van der Waals surface area contributed by atoms with Gasteiger partial charge in [-0.2, -0.15) is 0 Å². The largest absolute Gasteiger partial charge is 0.369 e. The predicted octanol–water partition coefficient (Wildman–Crippen LogP) is 3.23. The second-order valence-corrected chi connectivity index (χ2v) is 3.87. The molecule has 3 heteroatoms. The molecule has 0 saturated carbocycles. The van der Waals surface area contributed by atoms with Crippen LogP contribution in [0.3, 0.4) is 0 Å². The highest BCUT2D eigenvalue weighted by molar-refractivity contribution is 5.96. The molecule has 0 aliphatic rings. The molecule has 0 aromatic heterocycles. The highest BCUT2D eigenvalue weighted by Gasteiger charge is 2.06. The first-order valence-electron chi connectivity index (χ1n) is 5.67. The van der Waals surface area contributed by atoms with Crippen LogP contribution in [0.4, 0.5) is 4.39 Å². The van der Waals surface area contributed by atoms with Gasteiger partial charge in [-0.05, 0) is 6.07 Å². The third-order valence-electron chi connectivity index (χ3n) is 2.54. The Hall–Kier alpha value is -2.00. The first kappa shape index (κ1) is 12.5. The van der Waals surface area contributed by atoms with Crippen molar-refractivity contribution in [3.63, 3.8) is 0 Å². The van der Waals surface area contributed by atoms with Gasteiger partial charge in [0, 0.05) is 11.1 Å². The van der Waals surface area contributed by atoms with Crippen LogP contribution in [0.15, 0.2) is 54.6 Å². The van der Waals surface area contributed by atoms with Crippen molar-refractivity contribution < 1.29 is 13.9 Å². The summed E-state index contributed by atoms with van der Waals surface area (Å²) in [6, 6.07) is 15.3.